The number of likely N-dealkylation sites (tertiary alicyclic amines) is 1. The Balaban J connectivity index is 1.87. The number of carbonyl (C=O) groups is 3. The van der Waals surface area contributed by atoms with Crippen LogP contribution in [0.5, 0.6) is 0 Å². The van der Waals surface area contributed by atoms with Gasteiger partial charge in [-0.05, 0) is 107 Å². The van der Waals surface area contributed by atoms with Crippen molar-refractivity contribution in [1.82, 2.24) is 9.88 Å². The molecule has 0 saturated carbocycles. The Bertz CT molecular complexity index is 1800. The molecule has 0 radical (unpaired) electrons. The molecule has 8 nitrogen and oxygen atoms in total. The van der Waals surface area contributed by atoms with Crippen LogP contribution < -0.4 is 4.90 Å². The van der Waals surface area contributed by atoms with Gasteiger partial charge in [0.2, 0.25) is 5.91 Å². The molecule has 2 amide bonds. The van der Waals surface area contributed by atoms with E-state index in [1.165, 1.54) is 57.3 Å². The third-order valence-electron chi connectivity index (χ3n) is 8.70. The summed E-state index contributed by atoms with van der Waals surface area (Å²) in [6.45, 7) is 8.98. The Morgan fingerprint density at radius 2 is 1.41 bits per heavy atom. The monoisotopic (exact) mass is 725 g/mol. The molecule has 1 saturated heterocycles. The smallest absolute Gasteiger partial charge is 0.416 e. The maximum Gasteiger partial charge on any atom is 0.416 e. The highest BCUT2D eigenvalue weighted by molar-refractivity contribution is 6.03. The van der Waals surface area contributed by atoms with E-state index < -0.39 is 75.9 Å². The van der Waals surface area contributed by atoms with E-state index in [1.54, 1.807) is 33.8 Å². The van der Waals surface area contributed by atoms with Gasteiger partial charge in [-0.2, -0.15) is 26.3 Å². The molecule has 0 spiro atoms. The molecule has 3 aromatic rings. The van der Waals surface area contributed by atoms with Gasteiger partial charge in [0.15, 0.2) is 0 Å². The molecule has 276 valence electrons. The fourth-order valence-electron chi connectivity index (χ4n) is 6.06. The van der Waals surface area contributed by atoms with Crippen LogP contribution in [0.3, 0.4) is 0 Å². The third kappa shape index (κ3) is 8.28. The topological polar surface area (TPSA) is 89.0 Å². The number of likely N-dealkylation sites (N-methyl/N-ethyl adjacent to an activating group) is 1. The van der Waals surface area contributed by atoms with E-state index in [-0.39, 0.29) is 35.9 Å². The molecule has 1 aliphatic rings. The number of anilines is 1. The molecule has 1 fully saturated rings. The first-order valence-electron chi connectivity index (χ1n) is 15.8. The van der Waals surface area contributed by atoms with E-state index in [4.69, 9.17) is 9.47 Å². The Morgan fingerprint density at radius 1 is 0.843 bits per heavy atom. The summed E-state index contributed by atoms with van der Waals surface area (Å²) in [5.74, 6) is -2.12. The quantitative estimate of drug-likeness (QED) is 0.187. The fraction of sp³-hybridized carbons (Fsp3) is 0.444. The highest BCUT2D eigenvalue weighted by atomic mass is 19.4. The average Bonchev–Trinajstić information content (AvgIpc) is 3.47. The largest absolute Gasteiger partial charge is 0.467 e. The molecule has 0 bridgehead atoms. The highest BCUT2D eigenvalue weighted by Gasteiger charge is 2.46. The lowest BCUT2D eigenvalue weighted by Gasteiger charge is -2.33. The van der Waals surface area contributed by atoms with Gasteiger partial charge < -0.3 is 14.4 Å². The second-order valence-corrected chi connectivity index (χ2v) is 13.9. The van der Waals surface area contributed by atoms with Crippen molar-refractivity contribution in [3.05, 3.63) is 82.4 Å². The fourth-order valence-corrected chi connectivity index (χ4v) is 6.06. The van der Waals surface area contributed by atoms with Gasteiger partial charge in [-0.25, -0.2) is 14.0 Å². The van der Waals surface area contributed by atoms with Crippen molar-refractivity contribution in [3.63, 3.8) is 0 Å². The van der Waals surface area contributed by atoms with Crippen molar-refractivity contribution in [2.45, 2.75) is 89.8 Å². The number of hydrogen-bond acceptors (Lipinski definition) is 6. The predicted octanol–water partition coefficient (Wildman–Crippen LogP) is 8.79. The summed E-state index contributed by atoms with van der Waals surface area (Å²) in [5.41, 5.74) is -5.05. The lowest BCUT2D eigenvalue weighted by molar-refractivity contribution is -0.146. The van der Waals surface area contributed by atoms with Crippen molar-refractivity contribution in [2.24, 2.45) is 0 Å². The summed E-state index contributed by atoms with van der Waals surface area (Å²) in [6.07, 6.45) is -9.34. The molecule has 2 aromatic carbocycles. The van der Waals surface area contributed by atoms with Crippen LogP contribution >= 0.6 is 0 Å². The SMILES string of the molecule is COC(=O)[C@H]1CC[C@H](c2cc(-c3ccc(F)cc3C)c(N(C)C(=O)C(C)(C)c3cc(C(F)(F)F)cc(C(F)(F)F)c3)cn2)N1C(=O)OC(C)(C)C. The minimum absolute atomic E-state index is 0.0137. The second kappa shape index (κ2) is 13.8. The summed E-state index contributed by atoms with van der Waals surface area (Å²) >= 11 is 0. The number of hydrogen-bond donors (Lipinski definition) is 0. The van der Waals surface area contributed by atoms with Crippen LogP contribution in [0.2, 0.25) is 0 Å². The van der Waals surface area contributed by atoms with Gasteiger partial charge in [-0.3, -0.25) is 14.7 Å². The maximum absolute atomic E-state index is 14.2. The van der Waals surface area contributed by atoms with E-state index in [2.05, 4.69) is 4.98 Å². The van der Waals surface area contributed by atoms with Gasteiger partial charge in [-0.1, -0.05) is 6.07 Å². The van der Waals surface area contributed by atoms with Crippen molar-refractivity contribution in [2.75, 3.05) is 19.1 Å². The number of rotatable bonds is 6. The van der Waals surface area contributed by atoms with E-state index in [0.29, 0.717) is 23.3 Å². The first kappa shape index (κ1) is 39.1. The minimum atomic E-state index is -5.13. The number of benzene rings is 2. The number of aromatic nitrogens is 1. The third-order valence-corrected chi connectivity index (χ3v) is 8.70. The number of esters is 1. The molecule has 1 aliphatic heterocycles. The van der Waals surface area contributed by atoms with Crippen LogP contribution in [0.1, 0.15) is 81.4 Å². The maximum atomic E-state index is 14.2. The van der Waals surface area contributed by atoms with Crippen LogP contribution in [-0.2, 0) is 36.8 Å². The number of ether oxygens (including phenoxy) is 2. The van der Waals surface area contributed by atoms with Crippen molar-refractivity contribution >= 4 is 23.7 Å². The Hall–Kier alpha value is -4.69. The first-order valence-corrected chi connectivity index (χ1v) is 15.8. The Morgan fingerprint density at radius 3 is 1.92 bits per heavy atom. The van der Waals surface area contributed by atoms with Crippen molar-refractivity contribution < 1.29 is 54.6 Å². The van der Waals surface area contributed by atoms with Crippen LogP contribution in [0.15, 0.2) is 48.7 Å². The number of amides is 2. The van der Waals surface area contributed by atoms with Crippen molar-refractivity contribution in [1.29, 1.82) is 0 Å². The molecule has 15 heteroatoms. The van der Waals surface area contributed by atoms with Gasteiger partial charge in [0, 0.05) is 12.6 Å². The first-order chi connectivity index (χ1) is 23.4. The summed E-state index contributed by atoms with van der Waals surface area (Å²) in [5, 5.41) is 0. The second-order valence-electron chi connectivity index (χ2n) is 13.9. The van der Waals surface area contributed by atoms with Crippen LogP contribution in [0.4, 0.5) is 41.2 Å². The highest BCUT2D eigenvalue weighted by Crippen LogP contribution is 2.43. The van der Waals surface area contributed by atoms with Crippen LogP contribution in [-0.4, -0.2) is 53.7 Å². The zero-order valence-corrected chi connectivity index (χ0v) is 29.2. The van der Waals surface area contributed by atoms with E-state index in [0.717, 1.165) is 4.90 Å². The molecular formula is C36H38F7N3O5. The molecule has 2 heterocycles. The number of aryl methyl sites for hydroxylation is 1. The molecule has 2 atom stereocenters. The lowest BCUT2D eigenvalue weighted by atomic mass is 9.81. The average molecular weight is 726 g/mol. The molecule has 1 aromatic heterocycles. The summed E-state index contributed by atoms with van der Waals surface area (Å²) in [6, 6.07) is 4.58. The van der Waals surface area contributed by atoms with Gasteiger partial charge in [0.05, 0.1) is 47.3 Å². The lowest BCUT2D eigenvalue weighted by Crippen LogP contribution is -2.45. The standard InChI is InChI=1S/C36H38F7N3O5/c1-19-13-23(37)9-10-24(19)25-17-26(27-11-12-28(30(47)50-8)46(27)32(49)51-33(2,3)4)44-18-29(25)45(7)31(48)34(5,6)20-14-21(35(38,39)40)16-22(15-20)36(41,42)43/h9-10,13-18,27-28H,11-12H2,1-8H3/t27-,28-/m1/s1. The van der Waals surface area contributed by atoms with E-state index in [9.17, 15) is 45.1 Å². The normalized spacial score (nSPS) is 17.0. The summed E-state index contributed by atoms with van der Waals surface area (Å²) in [4.78, 5) is 47.1. The zero-order chi connectivity index (χ0) is 38.4. The van der Waals surface area contributed by atoms with Gasteiger partial charge in [-0.15, -0.1) is 0 Å². The number of halogens is 7. The number of methoxy groups -OCH3 is 1. The number of carbonyl (C=O) groups excluding carboxylic acids is 3. The number of alkyl halides is 6. The van der Waals surface area contributed by atoms with E-state index >= 15 is 0 Å². The molecular weight excluding hydrogens is 687 g/mol. The van der Waals surface area contributed by atoms with Gasteiger partial charge in [0.1, 0.15) is 17.5 Å². The Kier molecular flexibility index (Phi) is 10.6. The minimum Gasteiger partial charge on any atom is -0.467 e. The summed E-state index contributed by atoms with van der Waals surface area (Å²) in [7, 11) is 2.47. The van der Waals surface area contributed by atoms with Gasteiger partial charge >= 0.3 is 24.4 Å². The Labute approximate surface area is 290 Å². The molecule has 51 heavy (non-hydrogen) atoms. The zero-order valence-electron chi connectivity index (χ0n) is 29.2. The van der Waals surface area contributed by atoms with Crippen LogP contribution in [0, 0.1) is 12.7 Å². The molecule has 0 N–H and O–H groups in total. The van der Waals surface area contributed by atoms with Crippen LogP contribution in [0.25, 0.3) is 11.1 Å². The molecule has 4 rings (SSSR count). The van der Waals surface area contributed by atoms with Gasteiger partial charge in [0.25, 0.3) is 0 Å². The number of pyridine rings is 1. The summed E-state index contributed by atoms with van der Waals surface area (Å²) < 4.78 is 107. The number of nitrogens with zero attached hydrogens (tertiary/aromatic N) is 3. The molecule has 0 unspecified atom stereocenters. The molecule has 0 aliphatic carbocycles. The van der Waals surface area contributed by atoms with Crippen molar-refractivity contribution in [3.8, 4) is 11.1 Å². The van der Waals surface area contributed by atoms with E-state index in [1.807, 2.05) is 0 Å². The predicted molar refractivity (Wildman–Crippen MR) is 173 cm³/mol.